The van der Waals surface area contributed by atoms with Crippen molar-refractivity contribution >= 4 is 5.78 Å². The van der Waals surface area contributed by atoms with Gasteiger partial charge in [-0.3, -0.25) is 4.79 Å². The Morgan fingerprint density at radius 3 is 2.67 bits per heavy atom. The molecular weight excluding hydrogens is 382 g/mol. The quantitative estimate of drug-likeness (QED) is 0.477. The number of nitrogens with zero attached hydrogens (tertiary/aromatic N) is 5. The summed E-state index contributed by atoms with van der Waals surface area (Å²) in [6.45, 7) is 4.14. The lowest BCUT2D eigenvalue weighted by molar-refractivity contribution is 0.0961. The molecule has 0 N–H and O–H groups in total. The molecule has 0 spiro atoms. The van der Waals surface area contributed by atoms with Crippen LogP contribution in [0.1, 0.15) is 21.7 Å². The standard InChI is InChI=1S/C22H19N5O3/c1-14-10-18(15(2)27(14)17-8-9-20-21(11-17)30-13-29-20)19(28)12-26-24-22(23-25-26)16-6-4-3-5-7-16/h3-11H,12-13H2,1-2H3. The van der Waals surface area contributed by atoms with E-state index in [-0.39, 0.29) is 19.1 Å². The average molecular weight is 401 g/mol. The topological polar surface area (TPSA) is 84.1 Å². The molecule has 0 radical (unpaired) electrons. The maximum absolute atomic E-state index is 13.0. The molecule has 2 aromatic heterocycles. The number of fused-ring (bicyclic) bond motifs is 1. The van der Waals surface area contributed by atoms with Gasteiger partial charge in [0.05, 0.1) is 0 Å². The Balaban J connectivity index is 1.41. The third-order valence-electron chi connectivity index (χ3n) is 5.12. The lowest BCUT2D eigenvalue weighted by atomic mass is 10.1. The van der Waals surface area contributed by atoms with Gasteiger partial charge in [-0.15, -0.1) is 10.2 Å². The molecule has 0 saturated carbocycles. The van der Waals surface area contributed by atoms with E-state index in [2.05, 4.69) is 15.4 Å². The number of carbonyl (C=O) groups excluding carboxylic acids is 1. The summed E-state index contributed by atoms with van der Waals surface area (Å²) >= 11 is 0. The number of tetrazole rings is 1. The highest BCUT2D eigenvalue weighted by Crippen LogP contribution is 2.35. The van der Waals surface area contributed by atoms with Gasteiger partial charge in [-0.25, -0.2) is 0 Å². The molecule has 30 heavy (non-hydrogen) atoms. The van der Waals surface area contributed by atoms with Gasteiger partial charge in [0, 0.05) is 34.3 Å². The van der Waals surface area contributed by atoms with Crippen molar-refractivity contribution in [1.82, 2.24) is 24.8 Å². The van der Waals surface area contributed by atoms with Gasteiger partial charge in [0.25, 0.3) is 0 Å². The van der Waals surface area contributed by atoms with Gasteiger partial charge in [0.15, 0.2) is 17.3 Å². The van der Waals surface area contributed by atoms with Gasteiger partial charge in [0.2, 0.25) is 12.6 Å². The minimum Gasteiger partial charge on any atom is -0.454 e. The first-order chi connectivity index (χ1) is 14.6. The van der Waals surface area contributed by atoms with E-state index in [0.29, 0.717) is 17.1 Å². The van der Waals surface area contributed by atoms with Crippen molar-refractivity contribution in [3.63, 3.8) is 0 Å². The Labute approximate surface area is 172 Å². The lowest BCUT2D eigenvalue weighted by Gasteiger charge is -2.10. The van der Waals surface area contributed by atoms with E-state index >= 15 is 0 Å². The molecule has 0 unspecified atom stereocenters. The van der Waals surface area contributed by atoms with Crippen molar-refractivity contribution in [2.75, 3.05) is 6.79 Å². The monoisotopic (exact) mass is 401 g/mol. The minimum absolute atomic E-state index is 0.0191. The van der Waals surface area contributed by atoms with Crippen molar-refractivity contribution in [3.8, 4) is 28.6 Å². The number of ether oxygens (including phenoxy) is 2. The van der Waals surface area contributed by atoms with Crippen molar-refractivity contribution in [1.29, 1.82) is 0 Å². The maximum Gasteiger partial charge on any atom is 0.231 e. The first-order valence-electron chi connectivity index (χ1n) is 9.55. The number of ketones is 1. The first-order valence-corrected chi connectivity index (χ1v) is 9.55. The number of rotatable bonds is 5. The highest BCUT2D eigenvalue weighted by atomic mass is 16.7. The third-order valence-corrected chi connectivity index (χ3v) is 5.12. The Kier molecular flexibility index (Phi) is 4.31. The van der Waals surface area contributed by atoms with E-state index in [1.54, 1.807) is 0 Å². The number of hydrogen-bond acceptors (Lipinski definition) is 6. The van der Waals surface area contributed by atoms with E-state index in [4.69, 9.17) is 9.47 Å². The Bertz CT molecular complexity index is 1240. The highest BCUT2D eigenvalue weighted by Gasteiger charge is 2.20. The molecule has 5 rings (SSSR count). The summed E-state index contributed by atoms with van der Waals surface area (Å²) in [5, 5.41) is 12.4. The van der Waals surface area contributed by atoms with Gasteiger partial charge < -0.3 is 14.0 Å². The van der Waals surface area contributed by atoms with Crippen molar-refractivity contribution in [2.45, 2.75) is 20.4 Å². The molecule has 0 atom stereocenters. The smallest absolute Gasteiger partial charge is 0.231 e. The molecule has 8 nitrogen and oxygen atoms in total. The van der Waals surface area contributed by atoms with E-state index in [1.807, 2.05) is 73.0 Å². The second-order valence-electron chi connectivity index (χ2n) is 7.09. The molecule has 1 aliphatic rings. The fourth-order valence-electron chi connectivity index (χ4n) is 3.69. The van der Waals surface area contributed by atoms with Crippen LogP contribution in [-0.2, 0) is 6.54 Å². The summed E-state index contributed by atoms with van der Waals surface area (Å²) < 4.78 is 12.9. The number of carbonyl (C=O) groups is 1. The molecule has 0 bridgehead atoms. The Hall–Kier alpha value is -3.94. The van der Waals surface area contributed by atoms with E-state index < -0.39 is 0 Å². The van der Waals surface area contributed by atoms with Gasteiger partial charge in [-0.2, -0.15) is 4.80 Å². The number of Topliss-reactive ketones (excluding diaryl/α,β-unsaturated/α-hetero) is 1. The largest absolute Gasteiger partial charge is 0.454 e. The predicted molar refractivity (Wildman–Crippen MR) is 109 cm³/mol. The van der Waals surface area contributed by atoms with Gasteiger partial charge >= 0.3 is 0 Å². The van der Waals surface area contributed by atoms with Crippen LogP contribution in [0, 0.1) is 13.8 Å². The summed E-state index contributed by atoms with van der Waals surface area (Å²) in [5.41, 5.74) is 4.20. The Morgan fingerprint density at radius 1 is 1.03 bits per heavy atom. The van der Waals surface area contributed by atoms with Crippen LogP contribution < -0.4 is 9.47 Å². The first kappa shape index (κ1) is 18.1. The van der Waals surface area contributed by atoms with Crippen molar-refractivity contribution in [2.24, 2.45) is 0 Å². The maximum atomic E-state index is 13.0. The minimum atomic E-state index is -0.0768. The number of aromatic nitrogens is 5. The average Bonchev–Trinajstić information content (AvgIpc) is 3.47. The molecule has 150 valence electrons. The van der Waals surface area contributed by atoms with Crippen LogP contribution in [-0.4, -0.2) is 37.4 Å². The van der Waals surface area contributed by atoms with Crippen LogP contribution in [0.3, 0.4) is 0 Å². The molecule has 3 heterocycles. The molecule has 4 aromatic rings. The summed E-state index contributed by atoms with van der Waals surface area (Å²) in [4.78, 5) is 14.3. The van der Waals surface area contributed by atoms with E-state index in [0.717, 1.165) is 28.4 Å². The number of hydrogen-bond donors (Lipinski definition) is 0. The van der Waals surface area contributed by atoms with Gasteiger partial charge in [0.1, 0.15) is 6.54 Å². The van der Waals surface area contributed by atoms with Gasteiger partial charge in [-0.05, 0) is 37.3 Å². The molecule has 2 aromatic carbocycles. The molecule has 1 aliphatic heterocycles. The molecule has 8 heteroatoms. The Morgan fingerprint density at radius 2 is 1.83 bits per heavy atom. The fraction of sp³-hybridized carbons (Fsp3) is 0.182. The zero-order valence-electron chi connectivity index (χ0n) is 16.6. The van der Waals surface area contributed by atoms with Crippen LogP contribution in [0.5, 0.6) is 11.5 Å². The summed E-state index contributed by atoms with van der Waals surface area (Å²) in [6, 6.07) is 17.2. The third kappa shape index (κ3) is 3.12. The lowest BCUT2D eigenvalue weighted by Crippen LogP contribution is -2.14. The zero-order valence-corrected chi connectivity index (χ0v) is 16.6. The number of aryl methyl sites for hydroxylation is 1. The van der Waals surface area contributed by atoms with Crippen molar-refractivity contribution in [3.05, 3.63) is 71.5 Å². The fourth-order valence-corrected chi connectivity index (χ4v) is 3.69. The number of benzene rings is 2. The normalized spacial score (nSPS) is 12.3. The van der Waals surface area contributed by atoms with Crippen LogP contribution in [0.15, 0.2) is 54.6 Å². The zero-order chi connectivity index (χ0) is 20.7. The highest BCUT2D eigenvalue weighted by molar-refractivity contribution is 5.97. The van der Waals surface area contributed by atoms with Crippen molar-refractivity contribution < 1.29 is 14.3 Å². The summed E-state index contributed by atoms with van der Waals surface area (Å²) in [6.07, 6.45) is 0. The summed E-state index contributed by atoms with van der Waals surface area (Å²) in [7, 11) is 0. The summed E-state index contributed by atoms with van der Waals surface area (Å²) in [5.74, 6) is 1.85. The second-order valence-corrected chi connectivity index (χ2v) is 7.09. The van der Waals surface area contributed by atoms with E-state index in [1.165, 1.54) is 4.80 Å². The SMILES string of the molecule is Cc1cc(C(=O)Cn2nnc(-c3ccccc3)n2)c(C)n1-c1ccc2c(c1)OCO2. The predicted octanol–water partition coefficient (Wildman–Crippen LogP) is 3.36. The molecule has 0 aliphatic carbocycles. The van der Waals surface area contributed by atoms with Crippen LogP contribution in [0.2, 0.25) is 0 Å². The van der Waals surface area contributed by atoms with Crippen LogP contribution in [0.25, 0.3) is 17.1 Å². The second kappa shape index (κ2) is 7.14. The van der Waals surface area contributed by atoms with Crippen LogP contribution >= 0.6 is 0 Å². The molecule has 0 saturated heterocycles. The van der Waals surface area contributed by atoms with Crippen LogP contribution in [0.4, 0.5) is 0 Å². The molecular formula is C22H19N5O3. The van der Waals surface area contributed by atoms with E-state index in [9.17, 15) is 4.79 Å². The van der Waals surface area contributed by atoms with Gasteiger partial charge in [-0.1, -0.05) is 30.3 Å². The molecule has 0 amide bonds. The molecule has 0 fully saturated rings.